The third kappa shape index (κ3) is 10.1. The zero-order chi connectivity index (χ0) is 18.2. The van der Waals surface area contributed by atoms with Gasteiger partial charge in [-0.05, 0) is 44.2 Å². The first-order valence-electron chi connectivity index (χ1n) is 10.2. The maximum absolute atomic E-state index is 11.2. The molecule has 1 rings (SSSR count). The Balaban J connectivity index is 2.45. The summed E-state index contributed by atoms with van der Waals surface area (Å²) in [7, 11) is 0. The molecule has 0 fully saturated rings. The topological polar surface area (TPSA) is 26.3 Å². The van der Waals surface area contributed by atoms with Crippen molar-refractivity contribution in [1.82, 2.24) is 0 Å². The van der Waals surface area contributed by atoms with Gasteiger partial charge in [0.25, 0.3) is 0 Å². The fraction of sp³-hybridized carbons (Fsp3) is 0.609. The molecular weight excluding hydrogens is 308 g/mol. The Kier molecular flexibility index (Phi) is 12.7. The van der Waals surface area contributed by atoms with Gasteiger partial charge in [-0.1, -0.05) is 76.7 Å². The molecule has 0 saturated carbocycles. The largest absolute Gasteiger partial charge is 0.490 e. The third-order valence-electron chi connectivity index (χ3n) is 4.53. The van der Waals surface area contributed by atoms with Gasteiger partial charge >= 0.3 is 0 Å². The predicted molar refractivity (Wildman–Crippen MR) is 108 cm³/mol. The number of carbonyl (C=O) groups is 1. The number of unbranched alkanes of at least 4 members (excludes halogenated alkanes) is 6. The first kappa shape index (κ1) is 21.5. The fourth-order valence-electron chi connectivity index (χ4n) is 3.02. The lowest BCUT2D eigenvalue weighted by Crippen LogP contribution is -2.17. The zero-order valence-corrected chi connectivity index (χ0v) is 16.2. The summed E-state index contributed by atoms with van der Waals surface area (Å²) in [5.41, 5.74) is 0.649. The van der Waals surface area contributed by atoms with Crippen molar-refractivity contribution in [3.05, 3.63) is 42.0 Å². The minimum absolute atomic E-state index is 0.193. The second kappa shape index (κ2) is 14.7. The molecule has 0 amide bonds. The van der Waals surface area contributed by atoms with Gasteiger partial charge in [0.2, 0.25) is 0 Å². The van der Waals surface area contributed by atoms with Crippen LogP contribution in [0.15, 0.2) is 36.4 Å². The van der Waals surface area contributed by atoms with E-state index in [1.54, 1.807) is 0 Å². The van der Waals surface area contributed by atoms with Crippen LogP contribution in [0.2, 0.25) is 0 Å². The highest BCUT2D eigenvalue weighted by atomic mass is 16.5. The molecule has 1 aromatic carbocycles. The number of allylic oxidation sites excluding steroid dienone is 2. The van der Waals surface area contributed by atoms with Crippen LogP contribution in [0.3, 0.4) is 0 Å². The van der Waals surface area contributed by atoms with Crippen LogP contribution in [0.5, 0.6) is 5.75 Å². The van der Waals surface area contributed by atoms with Gasteiger partial charge in [-0.25, -0.2) is 0 Å². The van der Waals surface area contributed by atoms with Gasteiger partial charge in [-0.2, -0.15) is 0 Å². The number of benzene rings is 1. The minimum Gasteiger partial charge on any atom is -0.490 e. The molecular formula is C23H36O2. The molecule has 1 aromatic rings. The molecule has 2 nitrogen and oxygen atoms in total. The third-order valence-corrected chi connectivity index (χ3v) is 4.53. The van der Waals surface area contributed by atoms with Gasteiger partial charge in [-0.15, -0.1) is 0 Å². The Morgan fingerprint density at radius 3 is 2.36 bits per heavy atom. The summed E-state index contributed by atoms with van der Waals surface area (Å²) in [4.78, 5) is 11.2. The fourth-order valence-corrected chi connectivity index (χ4v) is 3.02. The first-order chi connectivity index (χ1) is 12.3. The van der Waals surface area contributed by atoms with Gasteiger partial charge in [0, 0.05) is 0 Å². The number of rotatable bonds is 15. The van der Waals surface area contributed by atoms with E-state index in [4.69, 9.17) is 4.74 Å². The van der Waals surface area contributed by atoms with Gasteiger partial charge < -0.3 is 4.74 Å². The molecule has 0 radical (unpaired) electrons. The summed E-state index contributed by atoms with van der Waals surface area (Å²) in [6.45, 7) is 4.41. The van der Waals surface area contributed by atoms with Crippen LogP contribution in [-0.2, 0) is 0 Å². The van der Waals surface area contributed by atoms with Crippen LogP contribution in [0.4, 0.5) is 0 Å². The molecule has 0 aliphatic rings. The number of ether oxygens (including phenoxy) is 1. The van der Waals surface area contributed by atoms with Crippen LogP contribution >= 0.6 is 0 Å². The van der Waals surface area contributed by atoms with Gasteiger partial charge in [0.05, 0.1) is 11.7 Å². The van der Waals surface area contributed by atoms with E-state index in [0.29, 0.717) is 5.56 Å². The van der Waals surface area contributed by atoms with Gasteiger partial charge in [-0.3, -0.25) is 4.79 Å². The highest BCUT2D eigenvalue weighted by molar-refractivity contribution is 5.79. The summed E-state index contributed by atoms with van der Waals surface area (Å²) >= 11 is 0. The molecule has 140 valence electrons. The molecule has 0 aromatic heterocycles. The molecule has 1 unspecified atom stereocenters. The summed E-state index contributed by atoms with van der Waals surface area (Å²) < 4.78 is 6.20. The molecule has 0 saturated heterocycles. The van der Waals surface area contributed by atoms with E-state index in [2.05, 4.69) is 26.0 Å². The number of para-hydroxylation sites is 1. The van der Waals surface area contributed by atoms with Crippen molar-refractivity contribution in [1.29, 1.82) is 0 Å². The number of hydrogen-bond acceptors (Lipinski definition) is 2. The van der Waals surface area contributed by atoms with Crippen molar-refractivity contribution in [2.45, 2.75) is 90.6 Å². The average Bonchev–Trinajstić information content (AvgIpc) is 2.64. The molecule has 0 bridgehead atoms. The van der Waals surface area contributed by atoms with E-state index in [9.17, 15) is 4.79 Å². The lowest BCUT2D eigenvalue weighted by atomic mass is 10.0. The van der Waals surface area contributed by atoms with E-state index in [1.807, 2.05) is 24.3 Å². The van der Waals surface area contributed by atoms with E-state index in [0.717, 1.165) is 37.7 Å². The lowest BCUT2D eigenvalue weighted by molar-refractivity contribution is 0.111. The smallest absolute Gasteiger partial charge is 0.153 e. The maximum atomic E-state index is 11.2. The molecule has 0 N–H and O–H groups in total. The Morgan fingerprint density at radius 2 is 1.64 bits per heavy atom. The van der Waals surface area contributed by atoms with Crippen molar-refractivity contribution >= 4 is 6.29 Å². The molecule has 0 aliphatic heterocycles. The second-order valence-corrected chi connectivity index (χ2v) is 6.76. The molecule has 2 heteroatoms. The monoisotopic (exact) mass is 344 g/mol. The van der Waals surface area contributed by atoms with Crippen LogP contribution in [0.25, 0.3) is 0 Å². The first-order valence-corrected chi connectivity index (χ1v) is 10.2. The summed E-state index contributed by atoms with van der Waals surface area (Å²) in [6, 6.07) is 7.55. The van der Waals surface area contributed by atoms with E-state index >= 15 is 0 Å². The summed E-state index contributed by atoms with van der Waals surface area (Å²) in [5, 5.41) is 0. The van der Waals surface area contributed by atoms with Crippen LogP contribution in [0.1, 0.15) is 94.8 Å². The molecule has 0 spiro atoms. The zero-order valence-electron chi connectivity index (χ0n) is 16.2. The van der Waals surface area contributed by atoms with Crippen LogP contribution in [-0.4, -0.2) is 12.4 Å². The number of hydrogen-bond donors (Lipinski definition) is 0. The van der Waals surface area contributed by atoms with Crippen LogP contribution in [0, 0.1) is 0 Å². The summed E-state index contributed by atoms with van der Waals surface area (Å²) in [5.74, 6) is 0.727. The van der Waals surface area contributed by atoms with Crippen molar-refractivity contribution in [2.24, 2.45) is 0 Å². The standard InChI is InChI=1S/C23H36O2/c1-3-5-7-9-10-11-13-18-22(17-12-8-6-4-2)25-23-19-15-14-16-21(23)20-24/h6,8,14-16,19-20,22H,3-5,7,9-13,17-18H2,1-2H3. The van der Waals surface area contributed by atoms with Gasteiger partial charge in [0.1, 0.15) is 5.75 Å². The van der Waals surface area contributed by atoms with Crippen molar-refractivity contribution in [2.75, 3.05) is 0 Å². The molecule has 25 heavy (non-hydrogen) atoms. The van der Waals surface area contributed by atoms with E-state index < -0.39 is 0 Å². The van der Waals surface area contributed by atoms with Crippen molar-refractivity contribution < 1.29 is 9.53 Å². The maximum Gasteiger partial charge on any atom is 0.153 e. The molecule has 0 aliphatic carbocycles. The van der Waals surface area contributed by atoms with Crippen LogP contribution < -0.4 is 4.74 Å². The van der Waals surface area contributed by atoms with Crippen molar-refractivity contribution in [3.8, 4) is 5.75 Å². The Bertz CT molecular complexity index is 479. The second-order valence-electron chi connectivity index (χ2n) is 6.76. The van der Waals surface area contributed by atoms with E-state index in [1.165, 1.54) is 44.9 Å². The normalized spacial score (nSPS) is 12.4. The SMILES string of the molecule is CCC=CCCC(CCCCCCCCC)Oc1ccccc1C=O. The number of carbonyl (C=O) groups excluding carboxylic acids is 1. The number of aldehydes is 1. The van der Waals surface area contributed by atoms with E-state index in [-0.39, 0.29) is 6.10 Å². The summed E-state index contributed by atoms with van der Waals surface area (Å²) in [6.07, 6.45) is 18.9. The average molecular weight is 345 g/mol. The Labute approximate surface area is 154 Å². The van der Waals surface area contributed by atoms with Crippen molar-refractivity contribution in [3.63, 3.8) is 0 Å². The minimum atomic E-state index is 0.193. The highest BCUT2D eigenvalue weighted by Crippen LogP contribution is 2.22. The lowest BCUT2D eigenvalue weighted by Gasteiger charge is -2.20. The highest BCUT2D eigenvalue weighted by Gasteiger charge is 2.12. The molecule has 1 atom stereocenters. The Hall–Kier alpha value is -1.57. The quantitative estimate of drug-likeness (QED) is 0.192. The van der Waals surface area contributed by atoms with Gasteiger partial charge in [0.15, 0.2) is 6.29 Å². The predicted octanol–water partition coefficient (Wildman–Crippen LogP) is 7.13. The molecule has 0 heterocycles. The Morgan fingerprint density at radius 1 is 0.920 bits per heavy atom.